The van der Waals surface area contributed by atoms with Crippen LogP contribution < -0.4 is 0 Å². The summed E-state index contributed by atoms with van der Waals surface area (Å²) in [5.74, 6) is 0.580. The zero-order valence-electron chi connectivity index (χ0n) is 14.6. The number of hydrogen-bond donors (Lipinski definition) is 0. The number of amides is 1. The van der Waals surface area contributed by atoms with Gasteiger partial charge in [-0.1, -0.05) is 44.2 Å². The third-order valence-corrected chi connectivity index (χ3v) is 6.15. The van der Waals surface area contributed by atoms with Crippen molar-refractivity contribution < 1.29 is 13.2 Å². The molecule has 0 radical (unpaired) electrons. The number of aryl methyl sites for hydroxylation is 1. The lowest BCUT2D eigenvalue weighted by atomic mass is 10.1. The smallest absolute Gasteiger partial charge is 0.222 e. The van der Waals surface area contributed by atoms with Gasteiger partial charge in [0.05, 0.1) is 5.75 Å². The quantitative estimate of drug-likeness (QED) is 0.788. The molecule has 0 aliphatic carbocycles. The van der Waals surface area contributed by atoms with E-state index in [1.807, 2.05) is 49.1 Å². The third-order valence-electron chi connectivity index (χ3n) is 4.28. The van der Waals surface area contributed by atoms with Crippen molar-refractivity contribution in [2.75, 3.05) is 31.9 Å². The molecule has 0 atom stereocenters. The summed E-state index contributed by atoms with van der Waals surface area (Å²) < 4.78 is 26.7. The number of hydrogen-bond acceptors (Lipinski definition) is 3. The zero-order valence-corrected chi connectivity index (χ0v) is 15.5. The van der Waals surface area contributed by atoms with Gasteiger partial charge < -0.3 is 4.90 Å². The van der Waals surface area contributed by atoms with Gasteiger partial charge in [-0.15, -0.1) is 0 Å². The molecule has 0 N–H and O–H groups in total. The van der Waals surface area contributed by atoms with Gasteiger partial charge in [-0.25, -0.2) is 12.7 Å². The van der Waals surface area contributed by atoms with Crippen molar-refractivity contribution in [3.05, 3.63) is 35.9 Å². The van der Waals surface area contributed by atoms with Crippen LogP contribution in [0.3, 0.4) is 0 Å². The molecule has 0 unspecified atom stereocenters. The lowest BCUT2D eigenvalue weighted by Crippen LogP contribution is -2.38. The highest BCUT2D eigenvalue weighted by Gasteiger charge is 2.26. The maximum absolute atomic E-state index is 12.6. The van der Waals surface area contributed by atoms with E-state index in [0.717, 1.165) is 5.56 Å². The van der Waals surface area contributed by atoms with Gasteiger partial charge in [-0.05, 0) is 24.3 Å². The first-order valence-electron chi connectivity index (χ1n) is 8.68. The van der Waals surface area contributed by atoms with Crippen molar-refractivity contribution in [2.24, 2.45) is 5.92 Å². The van der Waals surface area contributed by atoms with Crippen LogP contribution in [0.2, 0.25) is 0 Å². The van der Waals surface area contributed by atoms with Gasteiger partial charge in [0.25, 0.3) is 0 Å². The summed E-state index contributed by atoms with van der Waals surface area (Å²) >= 11 is 0. The Bertz CT molecular complexity index is 629. The topological polar surface area (TPSA) is 57.7 Å². The first-order valence-corrected chi connectivity index (χ1v) is 10.3. The van der Waals surface area contributed by atoms with Crippen LogP contribution in [0.5, 0.6) is 0 Å². The number of rotatable bonds is 6. The van der Waals surface area contributed by atoms with Crippen molar-refractivity contribution in [1.82, 2.24) is 9.21 Å². The second-order valence-electron chi connectivity index (χ2n) is 6.78. The maximum atomic E-state index is 12.6. The number of sulfonamides is 1. The highest BCUT2D eigenvalue weighted by molar-refractivity contribution is 7.89. The Morgan fingerprint density at radius 1 is 1.08 bits per heavy atom. The van der Waals surface area contributed by atoms with Crippen molar-refractivity contribution in [3.63, 3.8) is 0 Å². The molecule has 1 aliphatic heterocycles. The van der Waals surface area contributed by atoms with Gasteiger partial charge >= 0.3 is 0 Å². The summed E-state index contributed by atoms with van der Waals surface area (Å²) in [5.41, 5.74) is 1.03. The molecule has 2 rings (SSSR count). The van der Waals surface area contributed by atoms with Crippen molar-refractivity contribution >= 4 is 15.9 Å². The summed E-state index contributed by atoms with van der Waals surface area (Å²) in [5, 5.41) is 0. The molecular weight excluding hydrogens is 324 g/mol. The molecule has 24 heavy (non-hydrogen) atoms. The molecule has 1 fully saturated rings. The molecule has 1 saturated heterocycles. The highest BCUT2D eigenvalue weighted by atomic mass is 32.2. The van der Waals surface area contributed by atoms with Crippen LogP contribution >= 0.6 is 0 Å². The van der Waals surface area contributed by atoms with Gasteiger partial charge in [-0.3, -0.25) is 4.79 Å². The molecule has 0 spiro atoms. The Labute approximate surface area is 145 Å². The van der Waals surface area contributed by atoms with E-state index in [1.54, 1.807) is 4.31 Å². The number of benzene rings is 1. The van der Waals surface area contributed by atoms with Gasteiger partial charge in [0, 0.05) is 32.6 Å². The monoisotopic (exact) mass is 352 g/mol. The summed E-state index contributed by atoms with van der Waals surface area (Å²) in [6.45, 7) is 6.10. The fraction of sp³-hybridized carbons (Fsp3) is 0.611. The van der Waals surface area contributed by atoms with Crippen LogP contribution in [-0.4, -0.2) is 55.5 Å². The summed E-state index contributed by atoms with van der Waals surface area (Å²) in [6, 6.07) is 9.67. The van der Waals surface area contributed by atoms with Gasteiger partial charge in [0.15, 0.2) is 0 Å². The Balaban J connectivity index is 1.91. The Morgan fingerprint density at radius 2 is 1.79 bits per heavy atom. The van der Waals surface area contributed by atoms with Crippen molar-refractivity contribution in [2.45, 2.75) is 33.1 Å². The van der Waals surface area contributed by atoms with Crippen LogP contribution in [0.25, 0.3) is 0 Å². The molecular formula is C18H28N2O3S. The van der Waals surface area contributed by atoms with E-state index >= 15 is 0 Å². The molecule has 5 nitrogen and oxygen atoms in total. The second kappa shape index (κ2) is 8.62. The molecule has 0 saturated carbocycles. The summed E-state index contributed by atoms with van der Waals surface area (Å²) in [6.07, 6.45) is 1.75. The predicted molar refractivity (Wildman–Crippen MR) is 96.2 cm³/mol. The van der Waals surface area contributed by atoms with Gasteiger partial charge in [0.1, 0.15) is 0 Å². The van der Waals surface area contributed by atoms with E-state index < -0.39 is 10.0 Å². The molecule has 1 aromatic rings. The largest absolute Gasteiger partial charge is 0.341 e. The fourth-order valence-corrected chi connectivity index (χ4v) is 4.44. The highest BCUT2D eigenvalue weighted by Crippen LogP contribution is 2.13. The van der Waals surface area contributed by atoms with Crippen LogP contribution in [0, 0.1) is 5.92 Å². The Kier molecular flexibility index (Phi) is 6.80. The van der Waals surface area contributed by atoms with E-state index in [-0.39, 0.29) is 11.7 Å². The minimum Gasteiger partial charge on any atom is -0.341 e. The minimum atomic E-state index is -3.28. The molecule has 1 heterocycles. The average Bonchev–Trinajstić information content (AvgIpc) is 2.80. The molecule has 0 bridgehead atoms. The van der Waals surface area contributed by atoms with Crippen LogP contribution in [0.15, 0.2) is 30.3 Å². The maximum Gasteiger partial charge on any atom is 0.222 e. The number of carbonyl (C=O) groups excluding carboxylic acids is 1. The summed E-state index contributed by atoms with van der Waals surface area (Å²) in [7, 11) is -3.28. The van der Waals surface area contributed by atoms with E-state index in [0.29, 0.717) is 51.4 Å². The van der Waals surface area contributed by atoms with Gasteiger partial charge in [-0.2, -0.15) is 0 Å². The molecule has 1 amide bonds. The Morgan fingerprint density at radius 3 is 2.46 bits per heavy atom. The molecule has 1 aromatic carbocycles. The third kappa shape index (κ3) is 5.60. The zero-order chi connectivity index (χ0) is 17.6. The van der Waals surface area contributed by atoms with E-state index in [2.05, 4.69) is 0 Å². The predicted octanol–water partition coefficient (Wildman–Crippen LogP) is 2.14. The lowest BCUT2D eigenvalue weighted by Gasteiger charge is -2.22. The van der Waals surface area contributed by atoms with Crippen LogP contribution in [-0.2, 0) is 21.2 Å². The summed E-state index contributed by atoms with van der Waals surface area (Å²) in [4.78, 5) is 14.0. The van der Waals surface area contributed by atoms with Crippen molar-refractivity contribution in [3.8, 4) is 0 Å². The lowest BCUT2D eigenvalue weighted by molar-refractivity contribution is -0.131. The molecule has 0 aromatic heterocycles. The second-order valence-corrected chi connectivity index (χ2v) is 8.87. The average molecular weight is 353 g/mol. The normalized spacial score (nSPS) is 17.0. The number of carbonyl (C=O) groups is 1. The molecule has 134 valence electrons. The van der Waals surface area contributed by atoms with Crippen LogP contribution in [0.4, 0.5) is 0 Å². The first kappa shape index (κ1) is 18.9. The Hall–Kier alpha value is -1.40. The molecule has 1 aliphatic rings. The standard InChI is InChI=1S/C18H28N2O3S/c1-16(2)15-18(21)19-10-6-11-20(13-12-19)24(22,23)14-9-17-7-4-3-5-8-17/h3-5,7-8,16H,6,9-15H2,1-2H3. The first-order chi connectivity index (χ1) is 11.4. The molecule has 6 heteroatoms. The SMILES string of the molecule is CC(C)CC(=O)N1CCCN(S(=O)(=O)CCc2ccccc2)CC1. The van der Waals surface area contributed by atoms with E-state index in [9.17, 15) is 13.2 Å². The van der Waals surface area contributed by atoms with Gasteiger partial charge in [0.2, 0.25) is 15.9 Å². The van der Waals surface area contributed by atoms with E-state index in [1.165, 1.54) is 0 Å². The minimum absolute atomic E-state index is 0.122. The van der Waals surface area contributed by atoms with E-state index in [4.69, 9.17) is 0 Å². The van der Waals surface area contributed by atoms with Crippen LogP contribution in [0.1, 0.15) is 32.3 Å². The number of nitrogens with zero attached hydrogens (tertiary/aromatic N) is 2. The fourth-order valence-electron chi connectivity index (χ4n) is 2.92. The van der Waals surface area contributed by atoms with Crippen molar-refractivity contribution in [1.29, 1.82) is 0 Å².